The Morgan fingerprint density at radius 2 is 1.92 bits per heavy atom. The lowest BCUT2D eigenvalue weighted by atomic mass is 10.1. The lowest BCUT2D eigenvalue weighted by molar-refractivity contribution is 1.20. The number of nitrogens with zero attached hydrogens (tertiary/aromatic N) is 1. The van der Waals surface area contributed by atoms with Crippen molar-refractivity contribution in [3.05, 3.63) is 54.5 Å². The normalized spacial score (nSPS) is 14.6. The van der Waals surface area contributed by atoms with Crippen molar-refractivity contribution in [3.8, 4) is 0 Å². The standard InChI is InChI=1S/C11H10N2/c1-2-4-10(5-3-1)11-8-12-6-7-13-9-11/h1-9,12H. The minimum absolute atomic E-state index is 1.09. The van der Waals surface area contributed by atoms with Gasteiger partial charge < -0.3 is 5.32 Å². The molecule has 0 aliphatic carbocycles. The molecule has 0 saturated heterocycles. The molecule has 1 aromatic rings. The first-order valence-corrected chi connectivity index (χ1v) is 4.17. The summed E-state index contributed by atoms with van der Waals surface area (Å²) in [6.45, 7) is 0. The average Bonchev–Trinajstić information content (AvgIpc) is 2.47. The monoisotopic (exact) mass is 170 g/mol. The molecule has 0 atom stereocenters. The van der Waals surface area contributed by atoms with Crippen LogP contribution in [0.2, 0.25) is 0 Å². The molecule has 1 aromatic carbocycles. The molecule has 2 nitrogen and oxygen atoms in total. The van der Waals surface area contributed by atoms with Crippen LogP contribution in [-0.4, -0.2) is 6.21 Å². The summed E-state index contributed by atoms with van der Waals surface area (Å²) in [5, 5.41) is 3.03. The van der Waals surface area contributed by atoms with Crippen LogP contribution in [0.25, 0.3) is 5.57 Å². The number of allylic oxidation sites excluding steroid dienone is 1. The van der Waals surface area contributed by atoms with Crippen LogP contribution in [0.1, 0.15) is 5.56 Å². The lowest BCUT2D eigenvalue weighted by Gasteiger charge is -1.99. The Labute approximate surface area is 77.3 Å². The summed E-state index contributed by atoms with van der Waals surface area (Å²) in [7, 11) is 0. The summed E-state index contributed by atoms with van der Waals surface area (Å²) < 4.78 is 0. The van der Waals surface area contributed by atoms with E-state index in [9.17, 15) is 0 Å². The van der Waals surface area contributed by atoms with Gasteiger partial charge in [-0.25, -0.2) is 0 Å². The van der Waals surface area contributed by atoms with E-state index in [1.54, 1.807) is 12.4 Å². The fraction of sp³-hybridized carbons (Fsp3) is 0. The first kappa shape index (κ1) is 7.80. The molecule has 2 heteroatoms. The number of benzene rings is 1. The van der Waals surface area contributed by atoms with Gasteiger partial charge in [-0.3, -0.25) is 4.99 Å². The highest BCUT2D eigenvalue weighted by molar-refractivity contribution is 6.10. The Balaban J connectivity index is 2.32. The van der Waals surface area contributed by atoms with E-state index in [4.69, 9.17) is 0 Å². The third-order valence-electron chi connectivity index (χ3n) is 1.82. The van der Waals surface area contributed by atoms with Crippen molar-refractivity contribution in [2.75, 3.05) is 0 Å². The number of nitrogens with one attached hydrogen (secondary N) is 1. The van der Waals surface area contributed by atoms with Crippen LogP contribution in [0.5, 0.6) is 0 Å². The molecule has 13 heavy (non-hydrogen) atoms. The van der Waals surface area contributed by atoms with Crippen molar-refractivity contribution in [1.82, 2.24) is 5.32 Å². The van der Waals surface area contributed by atoms with E-state index in [2.05, 4.69) is 22.4 Å². The molecule has 0 aromatic heterocycles. The molecular weight excluding hydrogens is 160 g/mol. The number of aliphatic imine (C=N–C) groups is 1. The molecule has 64 valence electrons. The molecule has 0 radical (unpaired) electrons. The topological polar surface area (TPSA) is 24.4 Å². The summed E-state index contributed by atoms with van der Waals surface area (Å²) in [4.78, 5) is 4.09. The summed E-state index contributed by atoms with van der Waals surface area (Å²) in [5.74, 6) is 0. The van der Waals surface area contributed by atoms with Crippen LogP contribution in [-0.2, 0) is 0 Å². The van der Waals surface area contributed by atoms with Crippen LogP contribution in [0.15, 0.2) is 53.9 Å². The Bertz CT molecular complexity index is 361. The van der Waals surface area contributed by atoms with Crippen molar-refractivity contribution >= 4 is 11.8 Å². The first-order chi connectivity index (χ1) is 6.47. The summed E-state index contributed by atoms with van der Waals surface area (Å²) >= 11 is 0. The molecule has 1 heterocycles. The minimum Gasteiger partial charge on any atom is -0.366 e. The average molecular weight is 170 g/mol. The van der Waals surface area contributed by atoms with Gasteiger partial charge in [0.25, 0.3) is 0 Å². The van der Waals surface area contributed by atoms with Gasteiger partial charge in [0.15, 0.2) is 0 Å². The quantitative estimate of drug-likeness (QED) is 0.686. The number of hydrogen-bond donors (Lipinski definition) is 1. The van der Waals surface area contributed by atoms with Crippen LogP contribution < -0.4 is 5.32 Å². The van der Waals surface area contributed by atoms with Crippen molar-refractivity contribution in [2.45, 2.75) is 0 Å². The largest absolute Gasteiger partial charge is 0.366 e. The van der Waals surface area contributed by atoms with Crippen molar-refractivity contribution in [1.29, 1.82) is 0 Å². The fourth-order valence-electron chi connectivity index (χ4n) is 1.17. The third kappa shape index (κ3) is 1.85. The van der Waals surface area contributed by atoms with E-state index in [0.717, 1.165) is 5.57 Å². The van der Waals surface area contributed by atoms with Gasteiger partial charge in [-0.1, -0.05) is 30.3 Å². The van der Waals surface area contributed by atoms with Crippen LogP contribution in [0.3, 0.4) is 0 Å². The van der Waals surface area contributed by atoms with E-state index in [1.165, 1.54) is 5.56 Å². The second-order valence-corrected chi connectivity index (χ2v) is 2.73. The SMILES string of the molecule is C1=CNC=C(c2ccccc2)C=N1. The zero-order valence-corrected chi connectivity index (χ0v) is 7.14. The predicted octanol–water partition coefficient (Wildman–Crippen LogP) is 2.17. The van der Waals surface area contributed by atoms with Crippen LogP contribution >= 0.6 is 0 Å². The predicted molar refractivity (Wildman–Crippen MR) is 55.2 cm³/mol. The highest BCUT2D eigenvalue weighted by Crippen LogP contribution is 2.11. The highest BCUT2D eigenvalue weighted by atomic mass is 14.8. The number of rotatable bonds is 1. The molecule has 0 unspecified atom stereocenters. The highest BCUT2D eigenvalue weighted by Gasteiger charge is 1.96. The van der Waals surface area contributed by atoms with Gasteiger partial charge in [-0.15, -0.1) is 0 Å². The minimum atomic E-state index is 1.09. The second kappa shape index (κ2) is 3.72. The molecule has 1 aliphatic rings. The second-order valence-electron chi connectivity index (χ2n) is 2.73. The van der Waals surface area contributed by atoms with E-state index < -0.39 is 0 Å². The van der Waals surface area contributed by atoms with Gasteiger partial charge in [0.2, 0.25) is 0 Å². The molecule has 0 fully saturated rings. The Kier molecular flexibility index (Phi) is 2.23. The third-order valence-corrected chi connectivity index (χ3v) is 1.82. The lowest BCUT2D eigenvalue weighted by Crippen LogP contribution is -1.94. The maximum absolute atomic E-state index is 4.09. The Morgan fingerprint density at radius 1 is 1.08 bits per heavy atom. The Hall–Kier alpha value is -1.83. The zero-order chi connectivity index (χ0) is 8.93. The van der Waals surface area contributed by atoms with Crippen molar-refractivity contribution in [3.63, 3.8) is 0 Å². The van der Waals surface area contributed by atoms with Gasteiger partial charge in [0, 0.05) is 30.4 Å². The molecule has 0 saturated carbocycles. The molecule has 1 N–H and O–H groups in total. The van der Waals surface area contributed by atoms with Gasteiger partial charge in [0.05, 0.1) is 0 Å². The summed E-state index contributed by atoms with van der Waals surface area (Å²) in [6.07, 6.45) is 7.30. The maximum Gasteiger partial charge on any atom is 0.0428 e. The summed E-state index contributed by atoms with van der Waals surface area (Å²) in [5.41, 5.74) is 2.26. The van der Waals surface area contributed by atoms with Gasteiger partial charge in [-0.05, 0) is 5.56 Å². The van der Waals surface area contributed by atoms with E-state index in [0.29, 0.717) is 0 Å². The van der Waals surface area contributed by atoms with Gasteiger partial charge in [-0.2, -0.15) is 0 Å². The first-order valence-electron chi connectivity index (χ1n) is 4.17. The van der Waals surface area contributed by atoms with Crippen LogP contribution in [0, 0.1) is 0 Å². The van der Waals surface area contributed by atoms with Gasteiger partial charge in [0.1, 0.15) is 0 Å². The van der Waals surface area contributed by atoms with E-state index >= 15 is 0 Å². The maximum atomic E-state index is 4.09. The molecular formula is C11H10N2. The molecule has 0 amide bonds. The Morgan fingerprint density at radius 3 is 2.77 bits per heavy atom. The fourth-order valence-corrected chi connectivity index (χ4v) is 1.17. The van der Waals surface area contributed by atoms with E-state index in [-0.39, 0.29) is 0 Å². The van der Waals surface area contributed by atoms with Crippen LogP contribution in [0.4, 0.5) is 0 Å². The molecule has 2 rings (SSSR count). The zero-order valence-electron chi connectivity index (χ0n) is 7.14. The molecule has 0 spiro atoms. The molecule has 0 bridgehead atoms. The smallest absolute Gasteiger partial charge is 0.0428 e. The van der Waals surface area contributed by atoms with Crippen molar-refractivity contribution in [2.24, 2.45) is 4.99 Å². The number of hydrogen-bond acceptors (Lipinski definition) is 2. The summed E-state index contributed by atoms with van der Waals surface area (Å²) in [6, 6.07) is 10.2. The van der Waals surface area contributed by atoms with Gasteiger partial charge >= 0.3 is 0 Å². The van der Waals surface area contributed by atoms with Crippen molar-refractivity contribution < 1.29 is 0 Å². The molecule has 1 aliphatic heterocycles. The van der Waals surface area contributed by atoms with E-state index in [1.807, 2.05) is 30.6 Å².